The third kappa shape index (κ3) is 2.12. The van der Waals surface area contributed by atoms with Crippen molar-refractivity contribution in [2.24, 2.45) is 0 Å². The molecule has 1 aromatic carbocycles. The number of fused-ring (bicyclic) bond motifs is 1. The van der Waals surface area contributed by atoms with Gasteiger partial charge in [0.05, 0.1) is 6.61 Å². The molecule has 0 saturated carbocycles. The highest BCUT2D eigenvalue weighted by Gasteiger charge is 2.61. The molecule has 1 aliphatic rings. The summed E-state index contributed by atoms with van der Waals surface area (Å²) in [6.07, 6.45) is 0.871. The predicted molar refractivity (Wildman–Crippen MR) is 64.9 cm³/mol. The molecular weight excluding hydrogens is 254 g/mol. The lowest BCUT2D eigenvalue weighted by Gasteiger charge is -2.38. The Bertz CT molecular complexity index is 487. The first kappa shape index (κ1) is 13.9. The highest BCUT2D eigenvalue weighted by Crippen LogP contribution is 2.46. The fourth-order valence-corrected chi connectivity index (χ4v) is 2.53. The summed E-state index contributed by atoms with van der Waals surface area (Å²) in [7, 11) is 0. The van der Waals surface area contributed by atoms with Gasteiger partial charge >= 0.3 is 11.9 Å². The van der Waals surface area contributed by atoms with Gasteiger partial charge in [-0.2, -0.15) is 8.78 Å². The first-order valence-electron chi connectivity index (χ1n) is 6.29. The molecule has 19 heavy (non-hydrogen) atoms. The standard InChI is InChI=1S/C14H16F2O3/c1-2-19-12(17)14(15,16)13(18)9-5-7-10-6-3-4-8-11(10)13/h3-4,6,8,18H,2,5,7,9H2,1H3/t13-/m1/s1. The molecule has 0 unspecified atom stereocenters. The van der Waals surface area contributed by atoms with Crippen LogP contribution in [0.5, 0.6) is 0 Å². The fraction of sp³-hybridized carbons (Fsp3) is 0.500. The molecule has 3 nitrogen and oxygen atoms in total. The van der Waals surface area contributed by atoms with Gasteiger partial charge < -0.3 is 9.84 Å². The Labute approximate surface area is 110 Å². The van der Waals surface area contributed by atoms with Crippen molar-refractivity contribution in [3.05, 3.63) is 35.4 Å². The van der Waals surface area contributed by atoms with Gasteiger partial charge in [-0.15, -0.1) is 0 Å². The second-order valence-corrected chi connectivity index (χ2v) is 4.67. The lowest BCUT2D eigenvalue weighted by atomic mass is 9.75. The summed E-state index contributed by atoms with van der Waals surface area (Å²) in [6.45, 7) is 1.30. The minimum Gasteiger partial charge on any atom is -0.461 e. The number of alkyl halides is 2. The van der Waals surface area contributed by atoms with Gasteiger partial charge in [0.25, 0.3) is 0 Å². The highest BCUT2D eigenvalue weighted by molar-refractivity contribution is 5.80. The van der Waals surface area contributed by atoms with Crippen LogP contribution in [0.25, 0.3) is 0 Å². The topological polar surface area (TPSA) is 46.5 Å². The molecule has 1 aromatic rings. The maximum Gasteiger partial charge on any atom is 0.380 e. The maximum atomic E-state index is 14.2. The smallest absolute Gasteiger partial charge is 0.380 e. The third-order valence-electron chi connectivity index (χ3n) is 3.50. The molecular formula is C14H16F2O3. The number of aryl methyl sites for hydroxylation is 1. The van der Waals surface area contributed by atoms with Crippen LogP contribution in [0.1, 0.15) is 30.9 Å². The van der Waals surface area contributed by atoms with Crippen molar-refractivity contribution in [2.75, 3.05) is 6.61 Å². The van der Waals surface area contributed by atoms with Crippen molar-refractivity contribution in [2.45, 2.75) is 37.7 Å². The third-order valence-corrected chi connectivity index (χ3v) is 3.50. The van der Waals surface area contributed by atoms with Gasteiger partial charge in [0, 0.05) is 0 Å². The molecule has 0 fully saturated rings. The number of carbonyl (C=O) groups is 1. The van der Waals surface area contributed by atoms with Gasteiger partial charge in [0.15, 0.2) is 5.60 Å². The normalized spacial score (nSPS) is 22.7. The molecule has 2 rings (SSSR count). The molecule has 104 valence electrons. The number of aliphatic hydroxyl groups is 1. The van der Waals surface area contributed by atoms with Crippen LogP contribution in [0.15, 0.2) is 24.3 Å². The summed E-state index contributed by atoms with van der Waals surface area (Å²) in [4.78, 5) is 11.4. The summed E-state index contributed by atoms with van der Waals surface area (Å²) < 4.78 is 32.8. The second-order valence-electron chi connectivity index (χ2n) is 4.67. The zero-order valence-electron chi connectivity index (χ0n) is 10.7. The van der Waals surface area contributed by atoms with E-state index < -0.39 is 17.5 Å². The van der Waals surface area contributed by atoms with Crippen LogP contribution in [-0.4, -0.2) is 23.6 Å². The van der Waals surface area contributed by atoms with Crippen LogP contribution in [0, 0.1) is 0 Å². The largest absolute Gasteiger partial charge is 0.461 e. The number of hydrogen-bond acceptors (Lipinski definition) is 3. The molecule has 0 aliphatic heterocycles. The van der Waals surface area contributed by atoms with Crippen molar-refractivity contribution in [3.63, 3.8) is 0 Å². The van der Waals surface area contributed by atoms with Gasteiger partial charge in [-0.1, -0.05) is 24.3 Å². The van der Waals surface area contributed by atoms with Gasteiger partial charge in [-0.3, -0.25) is 0 Å². The number of ether oxygens (including phenoxy) is 1. The molecule has 0 spiro atoms. The minimum atomic E-state index is -3.94. The lowest BCUT2D eigenvalue weighted by Crippen LogP contribution is -2.53. The van der Waals surface area contributed by atoms with E-state index in [4.69, 9.17) is 0 Å². The van der Waals surface area contributed by atoms with E-state index >= 15 is 0 Å². The molecule has 0 aromatic heterocycles. The molecule has 0 saturated heterocycles. The van der Waals surface area contributed by atoms with Gasteiger partial charge in [0.1, 0.15) is 0 Å². The Morgan fingerprint density at radius 3 is 2.84 bits per heavy atom. The Hall–Kier alpha value is -1.49. The zero-order valence-corrected chi connectivity index (χ0v) is 10.7. The van der Waals surface area contributed by atoms with E-state index in [0.717, 1.165) is 0 Å². The van der Waals surface area contributed by atoms with Crippen molar-refractivity contribution < 1.29 is 23.4 Å². The molecule has 1 N–H and O–H groups in total. The van der Waals surface area contributed by atoms with Crippen LogP contribution in [-0.2, 0) is 21.6 Å². The van der Waals surface area contributed by atoms with Gasteiger partial charge in [-0.05, 0) is 37.3 Å². The Morgan fingerprint density at radius 1 is 1.47 bits per heavy atom. The number of hydrogen-bond donors (Lipinski definition) is 1. The quantitative estimate of drug-likeness (QED) is 0.858. The Kier molecular flexibility index (Phi) is 3.58. The van der Waals surface area contributed by atoms with E-state index in [-0.39, 0.29) is 18.6 Å². The van der Waals surface area contributed by atoms with Crippen LogP contribution < -0.4 is 0 Å². The monoisotopic (exact) mass is 270 g/mol. The zero-order chi connectivity index (χ0) is 14.1. The fourth-order valence-electron chi connectivity index (χ4n) is 2.53. The molecule has 0 heterocycles. The van der Waals surface area contributed by atoms with Gasteiger partial charge in [-0.25, -0.2) is 4.79 Å². The molecule has 0 amide bonds. The van der Waals surface area contributed by atoms with E-state index in [0.29, 0.717) is 18.4 Å². The van der Waals surface area contributed by atoms with E-state index in [1.165, 1.54) is 13.0 Å². The van der Waals surface area contributed by atoms with Gasteiger partial charge in [0.2, 0.25) is 0 Å². The molecule has 1 atom stereocenters. The SMILES string of the molecule is CCOC(=O)C(F)(F)[C@@]1(O)CCCc2ccccc21. The first-order valence-corrected chi connectivity index (χ1v) is 6.29. The molecule has 1 aliphatic carbocycles. The summed E-state index contributed by atoms with van der Waals surface area (Å²) >= 11 is 0. The highest BCUT2D eigenvalue weighted by atomic mass is 19.3. The summed E-state index contributed by atoms with van der Waals surface area (Å²) in [5, 5.41) is 10.4. The first-order chi connectivity index (χ1) is 8.93. The Morgan fingerprint density at radius 2 is 2.16 bits per heavy atom. The molecule has 0 bridgehead atoms. The average molecular weight is 270 g/mol. The van der Waals surface area contributed by atoms with Crippen molar-refractivity contribution in [3.8, 4) is 0 Å². The molecule has 0 radical (unpaired) electrons. The predicted octanol–water partition coefficient (Wildman–Crippen LogP) is 2.41. The summed E-state index contributed by atoms with van der Waals surface area (Å²) in [5.41, 5.74) is -1.70. The van der Waals surface area contributed by atoms with E-state index in [2.05, 4.69) is 4.74 Å². The number of halogens is 2. The number of esters is 1. The molecule has 5 heteroatoms. The second kappa shape index (κ2) is 4.89. The van der Waals surface area contributed by atoms with Crippen LogP contribution in [0.3, 0.4) is 0 Å². The van der Waals surface area contributed by atoms with E-state index in [1.807, 2.05) is 0 Å². The summed E-state index contributed by atoms with van der Waals surface area (Å²) in [6, 6.07) is 6.45. The van der Waals surface area contributed by atoms with Crippen molar-refractivity contribution >= 4 is 5.97 Å². The summed E-state index contributed by atoms with van der Waals surface area (Å²) in [5.74, 6) is -5.62. The van der Waals surface area contributed by atoms with Crippen LogP contribution in [0.2, 0.25) is 0 Å². The number of carbonyl (C=O) groups excluding carboxylic acids is 1. The van der Waals surface area contributed by atoms with Crippen LogP contribution in [0.4, 0.5) is 8.78 Å². The minimum absolute atomic E-state index is 0.124. The van der Waals surface area contributed by atoms with Crippen molar-refractivity contribution in [1.82, 2.24) is 0 Å². The van der Waals surface area contributed by atoms with E-state index in [9.17, 15) is 18.7 Å². The average Bonchev–Trinajstić information content (AvgIpc) is 2.39. The number of benzene rings is 1. The van der Waals surface area contributed by atoms with Crippen molar-refractivity contribution in [1.29, 1.82) is 0 Å². The lowest BCUT2D eigenvalue weighted by molar-refractivity contribution is -0.220. The number of rotatable bonds is 3. The Balaban J connectivity index is 2.46. The van der Waals surface area contributed by atoms with Crippen LogP contribution >= 0.6 is 0 Å². The maximum absolute atomic E-state index is 14.2. The van der Waals surface area contributed by atoms with E-state index in [1.54, 1.807) is 18.2 Å².